The number of hydrogen-bond acceptors (Lipinski definition) is 6. The van der Waals surface area contributed by atoms with Gasteiger partial charge >= 0.3 is 0 Å². The van der Waals surface area contributed by atoms with Crippen LogP contribution in [0.5, 0.6) is 0 Å². The average Bonchev–Trinajstić information content (AvgIpc) is 3.32. The van der Waals surface area contributed by atoms with E-state index in [1.54, 1.807) is 12.1 Å². The highest BCUT2D eigenvalue weighted by Crippen LogP contribution is 2.33. The molecule has 0 spiro atoms. The maximum Gasteiger partial charge on any atom is 0.261 e. The van der Waals surface area contributed by atoms with Crippen LogP contribution >= 0.6 is 11.7 Å². The standard InChI is InChI=1S/C16H19FN4O3S2/c17-16(15(22)20-8-1-2-9-20)7-4-10-21(11-16)26(23,24)13-6-3-5-12-14(13)19-25-18-12/h3,5-6H,1-2,4,7-11H2. The molecule has 7 nitrogen and oxygen atoms in total. The molecule has 0 N–H and O–H groups in total. The van der Waals surface area contributed by atoms with Gasteiger partial charge in [0.1, 0.15) is 15.9 Å². The first-order chi connectivity index (χ1) is 12.4. The van der Waals surface area contributed by atoms with Gasteiger partial charge in [-0.15, -0.1) is 0 Å². The molecule has 2 aliphatic rings. The lowest BCUT2D eigenvalue weighted by molar-refractivity contribution is -0.145. The van der Waals surface area contributed by atoms with Gasteiger partial charge < -0.3 is 4.90 Å². The van der Waals surface area contributed by atoms with Gasteiger partial charge in [-0.25, -0.2) is 12.8 Å². The number of aromatic nitrogens is 2. The summed E-state index contributed by atoms with van der Waals surface area (Å²) in [6.07, 6.45) is 2.09. The molecule has 2 aromatic rings. The Kier molecular flexibility index (Phi) is 4.44. The molecule has 4 rings (SSSR count). The third-order valence-corrected chi connectivity index (χ3v) is 7.47. The van der Waals surface area contributed by atoms with E-state index < -0.39 is 28.1 Å². The minimum absolute atomic E-state index is 0.0154. The molecule has 1 amide bonds. The summed E-state index contributed by atoms with van der Waals surface area (Å²) in [7, 11) is -3.96. The van der Waals surface area contributed by atoms with Crippen molar-refractivity contribution >= 4 is 38.7 Å². The number of nitrogens with zero attached hydrogens (tertiary/aromatic N) is 4. The monoisotopic (exact) mass is 398 g/mol. The van der Waals surface area contributed by atoms with Crippen molar-refractivity contribution in [3.63, 3.8) is 0 Å². The number of fused-ring (bicyclic) bond motifs is 1. The number of piperidine rings is 1. The highest BCUT2D eigenvalue weighted by atomic mass is 32.2. The van der Waals surface area contributed by atoms with Crippen molar-refractivity contribution < 1.29 is 17.6 Å². The number of halogens is 1. The van der Waals surface area contributed by atoms with Crippen molar-refractivity contribution in [2.75, 3.05) is 26.2 Å². The lowest BCUT2D eigenvalue weighted by Crippen LogP contribution is -2.56. The maximum absolute atomic E-state index is 15.4. The van der Waals surface area contributed by atoms with E-state index in [1.165, 1.54) is 11.0 Å². The topological polar surface area (TPSA) is 83.5 Å². The van der Waals surface area contributed by atoms with Gasteiger partial charge in [0.2, 0.25) is 15.7 Å². The van der Waals surface area contributed by atoms with Gasteiger partial charge in [0.15, 0.2) is 0 Å². The minimum atomic E-state index is -3.96. The summed E-state index contributed by atoms with van der Waals surface area (Å²) < 4.78 is 50.9. The molecular formula is C16H19FN4O3S2. The summed E-state index contributed by atoms with van der Waals surface area (Å²) >= 11 is 0.933. The van der Waals surface area contributed by atoms with Crippen LogP contribution in [0.2, 0.25) is 0 Å². The van der Waals surface area contributed by atoms with Gasteiger partial charge in [0.05, 0.1) is 18.3 Å². The molecule has 10 heteroatoms. The predicted molar refractivity (Wildman–Crippen MR) is 95.1 cm³/mol. The Morgan fingerprint density at radius 3 is 2.69 bits per heavy atom. The van der Waals surface area contributed by atoms with Gasteiger partial charge in [-0.1, -0.05) is 6.07 Å². The van der Waals surface area contributed by atoms with Crippen molar-refractivity contribution in [3.8, 4) is 0 Å². The minimum Gasteiger partial charge on any atom is -0.340 e. The number of rotatable bonds is 3. The first kappa shape index (κ1) is 17.7. The van der Waals surface area contributed by atoms with Crippen LogP contribution in [0.4, 0.5) is 4.39 Å². The largest absolute Gasteiger partial charge is 0.340 e. The number of benzene rings is 1. The molecule has 1 aromatic heterocycles. The fraction of sp³-hybridized carbons (Fsp3) is 0.562. The Balaban J connectivity index is 1.64. The highest BCUT2D eigenvalue weighted by molar-refractivity contribution is 7.89. The number of carbonyl (C=O) groups excluding carboxylic acids is 1. The highest BCUT2D eigenvalue weighted by Gasteiger charge is 2.48. The first-order valence-electron chi connectivity index (χ1n) is 8.62. The van der Waals surface area contributed by atoms with Crippen LogP contribution in [0.15, 0.2) is 23.1 Å². The normalized spacial score (nSPS) is 25.0. The first-order valence-corrected chi connectivity index (χ1v) is 10.8. The Hall–Kier alpha value is -1.65. The maximum atomic E-state index is 15.4. The third kappa shape index (κ3) is 2.89. The molecule has 140 valence electrons. The zero-order valence-corrected chi connectivity index (χ0v) is 15.7. The molecule has 0 aliphatic carbocycles. The van der Waals surface area contributed by atoms with Crippen molar-refractivity contribution in [3.05, 3.63) is 18.2 Å². The van der Waals surface area contributed by atoms with Crippen LogP contribution in [0.1, 0.15) is 25.7 Å². The third-order valence-electron chi connectivity index (χ3n) is 5.05. The summed E-state index contributed by atoms with van der Waals surface area (Å²) in [5.41, 5.74) is -1.38. The number of sulfonamides is 1. The van der Waals surface area contributed by atoms with Crippen LogP contribution in [-0.2, 0) is 14.8 Å². The fourth-order valence-corrected chi connectivity index (χ4v) is 5.96. The number of hydrogen-bond donors (Lipinski definition) is 0. The van der Waals surface area contributed by atoms with Gasteiger partial charge in [-0.05, 0) is 37.8 Å². The van der Waals surface area contributed by atoms with Crippen molar-refractivity contribution in [2.24, 2.45) is 0 Å². The Labute approximate surface area is 155 Å². The summed E-state index contributed by atoms with van der Waals surface area (Å²) in [5.74, 6) is -0.580. The predicted octanol–water partition coefficient (Wildman–Crippen LogP) is 1.81. The second kappa shape index (κ2) is 6.50. The van der Waals surface area contributed by atoms with E-state index in [0.29, 0.717) is 30.5 Å². The molecular weight excluding hydrogens is 379 g/mol. The van der Waals surface area contributed by atoms with E-state index >= 15 is 4.39 Å². The summed E-state index contributed by atoms with van der Waals surface area (Å²) in [5, 5.41) is 0. The fourth-order valence-electron chi connectivity index (χ4n) is 3.69. The molecule has 1 atom stereocenters. The Morgan fingerprint density at radius 1 is 1.15 bits per heavy atom. The van der Waals surface area contributed by atoms with Crippen LogP contribution in [0.3, 0.4) is 0 Å². The molecule has 2 saturated heterocycles. The van der Waals surface area contributed by atoms with Crippen molar-refractivity contribution in [1.29, 1.82) is 0 Å². The van der Waals surface area contributed by atoms with E-state index in [4.69, 9.17) is 0 Å². The molecule has 1 aromatic carbocycles. The number of carbonyl (C=O) groups is 1. The van der Waals surface area contributed by atoms with E-state index in [2.05, 4.69) is 8.75 Å². The molecule has 1 unspecified atom stereocenters. The van der Waals surface area contributed by atoms with Crippen molar-refractivity contribution in [1.82, 2.24) is 18.0 Å². The van der Waals surface area contributed by atoms with Gasteiger partial charge in [0, 0.05) is 19.6 Å². The average molecular weight is 398 g/mol. The SMILES string of the molecule is O=C(N1CCCC1)C1(F)CCCN(S(=O)(=O)c2cccc3nsnc23)C1. The number of amides is 1. The van der Waals surface area contributed by atoms with Crippen LogP contribution in [-0.4, -0.2) is 64.1 Å². The second-order valence-corrected chi connectivity index (χ2v) is 9.23. The lowest BCUT2D eigenvalue weighted by atomic mass is 9.94. The summed E-state index contributed by atoms with van der Waals surface area (Å²) in [6.45, 7) is 0.829. The van der Waals surface area contributed by atoms with Gasteiger partial charge in [-0.3, -0.25) is 4.79 Å². The van der Waals surface area contributed by atoms with E-state index in [0.717, 1.165) is 28.9 Å². The smallest absolute Gasteiger partial charge is 0.261 e. The number of likely N-dealkylation sites (tertiary alicyclic amines) is 1. The molecule has 2 fully saturated rings. The zero-order valence-electron chi connectivity index (χ0n) is 14.1. The molecule has 0 bridgehead atoms. The van der Waals surface area contributed by atoms with Crippen LogP contribution < -0.4 is 0 Å². The number of alkyl halides is 1. The van der Waals surface area contributed by atoms with Gasteiger partial charge in [0.25, 0.3) is 5.91 Å². The lowest BCUT2D eigenvalue weighted by Gasteiger charge is -2.37. The Morgan fingerprint density at radius 2 is 1.92 bits per heavy atom. The molecule has 0 saturated carbocycles. The van der Waals surface area contributed by atoms with Gasteiger partial charge in [-0.2, -0.15) is 13.1 Å². The van der Waals surface area contributed by atoms with E-state index in [9.17, 15) is 13.2 Å². The van der Waals surface area contributed by atoms with Crippen molar-refractivity contribution in [2.45, 2.75) is 36.2 Å². The van der Waals surface area contributed by atoms with Crippen LogP contribution in [0.25, 0.3) is 11.0 Å². The summed E-state index contributed by atoms with van der Waals surface area (Å²) in [6, 6.07) is 4.74. The Bertz CT molecular complexity index is 942. The van der Waals surface area contributed by atoms with E-state index in [-0.39, 0.29) is 17.9 Å². The molecule has 26 heavy (non-hydrogen) atoms. The summed E-state index contributed by atoms with van der Waals surface area (Å²) in [4.78, 5) is 14.1. The van der Waals surface area contributed by atoms with Crippen LogP contribution in [0, 0.1) is 0 Å². The molecule has 3 heterocycles. The second-order valence-electron chi connectivity index (χ2n) is 6.79. The zero-order chi connectivity index (χ0) is 18.4. The van der Waals surface area contributed by atoms with E-state index in [1.807, 2.05) is 0 Å². The molecule has 0 radical (unpaired) electrons. The quantitative estimate of drug-likeness (QED) is 0.787. The molecule has 2 aliphatic heterocycles.